The number of nitrogens with two attached hydrogens (primary N) is 1. The van der Waals surface area contributed by atoms with Crippen molar-refractivity contribution in [2.75, 3.05) is 6.54 Å². The first-order chi connectivity index (χ1) is 8.88. The third-order valence-corrected chi connectivity index (χ3v) is 4.20. The van der Waals surface area contributed by atoms with Crippen LogP contribution >= 0.6 is 23.6 Å². The number of halogens is 3. The summed E-state index contributed by atoms with van der Waals surface area (Å²) in [6, 6.07) is 2.17. The van der Waals surface area contributed by atoms with Crippen LogP contribution < -0.4 is 5.73 Å². The van der Waals surface area contributed by atoms with Crippen LogP contribution in [-0.4, -0.2) is 28.7 Å². The molecule has 1 saturated carbocycles. The van der Waals surface area contributed by atoms with Crippen LogP contribution in [0.4, 0.5) is 13.2 Å². The number of thiocarbonyl (C=S) groups is 1. The van der Waals surface area contributed by atoms with E-state index >= 15 is 0 Å². The van der Waals surface area contributed by atoms with Crippen LogP contribution in [0, 0.1) is 5.92 Å². The lowest BCUT2D eigenvalue weighted by Gasteiger charge is -2.28. The van der Waals surface area contributed by atoms with E-state index < -0.39 is 17.1 Å². The fourth-order valence-corrected chi connectivity index (χ4v) is 2.86. The highest BCUT2D eigenvalue weighted by Gasteiger charge is 2.44. The Morgan fingerprint density at radius 1 is 1.53 bits per heavy atom. The van der Waals surface area contributed by atoms with Gasteiger partial charge in [-0.3, -0.25) is 4.90 Å². The molecule has 19 heavy (non-hydrogen) atoms. The van der Waals surface area contributed by atoms with Gasteiger partial charge in [0.05, 0.1) is 4.99 Å². The molecule has 0 aromatic carbocycles. The Bertz CT molecular complexity index is 427. The average Bonchev–Trinajstić information content (AvgIpc) is 3.00. The number of hydrogen-bond donors (Lipinski definition) is 1. The predicted octanol–water partition coefficient (Wildman–Crippen LogP) is 3.18. The first kappa shape index (κ1) is 14.7. The third-order valence-electron chi connectivity index (χ3n) is 3.18. The fraction of sp³-hybridized carbons (Fsp3) is 0.583. The summed E-state index contributed by atoms with van der Waals surface area (Å²) in [6.45, 7) is 0.392. The minimum Gasteiger partial charge on any atom is -0.393 e. The molecule has 1 aromatic rings. The molecule has 1 aromatic heterocycles. The number of hydrogen-bond acceptors (Lipinski definition) is 3. The van der Waals surface area contributed by atoms with Crippen LogP contribution in [0.15, 0.2) is 16.8 Å². The van der Waals surface area contributed by atoms with Gasteiger partial charge in [-0.1, -0.05) is 12.2 Å². The summed E-state index contributed by atoms with van der Waals surface area (Å²) in [6.07, 6.45) is -2.47. The van der Waals surface area contributed by atoms with Crippen LogP contribution in [0.3, 0.4) is 0 Å². The van der Waals surface area contributed by atoms with E-state index in [1.165, 1.54) is 0 Å². The van der Waals surface area contributed by atoms with E-state index in [0.29, 0.717) is 6.54 Å². The van der Waals surface area contributed by atoms with Gasteiger partial charge in [-0.2, -0.15) is 24.5 Å². The lowest BCUT2D eigenvalue weighted by Crippen LogP contribution is -2.44. The third kappa shape index (κ3) is 4.15. The Morgan fingerprint density at radius 3 is 2.63 bits per heavy atom. The summed E-state index contributed by atoms with van der Waals surface area (Å²) < 4.78 is 38.7. The zero-order valence-electron chi connectivity index (χ0n) is 10.2. The van der Waals surface area contributed by atoms with Crippen molar-refractivity contribution in [3.63, 3.8) is 0 Å². The van der Waals surface area contributed by atoms with E-state index in [1.807, 2.05) is 21.7 Å². The highest BCUT2D eigenvalue weighted by atomic mass is 32.1. The lowest BCUT2D eigenvalue weighted by atomic mass is 10.1. The number of rotatable bonds is 6. The molecule has 1 aliphatic rings. The first-order valence-corrected chi connectivity index (χ1v) is 7.34. The Balaban J connectivity index is 2.05. The zero-order chi connectivity index (χ0) is 14.0. The number of alkyl halides is 3. The molecule has 1 atom stereocenters. The molecule has 0 saturated heterocycles. The molecule has 2 rings (SSSR count). The second-order valence-electron chi connectivity index (χ2n) is 4.79. The average molecular weight is 308 g/mol. The van der Waals surface area contributed by atoms with Gasteiger partial charge >= 0.3 is 6.18 Å². The molecule has 106 valence electrons. The van der Waals surface area contributed by atoms with Crippen LogP contribution in [0.5, 0.6) is 0 Å². The predicted molar refractivity (Wildman–Crippen MR) is 74.1 cm³/mol. The van der Waals surface area contributed by atoms with Gasteiger partial charge in [-0.15, -0.1) is 0 Å². The van der Waals surface area contributed by atoms with Crippen LogP contribution in [0.25, 0.3) is 0 Å². The van der Waals surface area contributed by atoms with Crippen molar-refractivity contribution in [2.24, 2.45) is 11.7 Å². The molecule has 1 heterocycles. The summed E-state index contributed by atoms with van der Waals surface area (Å²) in [5, 5.41) is 3.88. The Kier molecular flexibility index (Phi) is 4.47. The van der Waals surface area contributed by atoms with Crippen LogP contribution in [-0.2, 0) is 6.54 Å². The standard InChI is InChI=1S/C12H15F3N2S2/c13-12(14,15)10(11(16)18)6-17(9-1-2-9)5-8-3-4-19-7-8/h3-4,7,9-10H,1-2,5-6H2,(H2,16,18). The van der Waals surface area contributed by atoms with E-state index in [1.54, 1.807) is 11.3 Å². The maximum Gasteiger partial charge on any atom is 0.399 e. The summed E-state index contributed by atoms with van der Waals surface area (Å²) in [5.74, 6) is -1.72. The normalized spacial score (nSPS) is 17.7. The summed E-state index contributed by atoms with van der Waals surface area (Å²) in [4.78, 5) is 1.38. The van der Waals surface area contributed by atoms with Crippen molar-refractivity contribution >= 4 is 28.5 Å². The molecular weight excluding hydrogens is 293 g/mol. The lowest BCUT2D eigenvalue weighted by molar-refractivity contribution is -0.159. The van der Waals surface area contributed by atoms with E-state index in [0.717, 1.165) is 18.4 Å². The van der Waals surface area contributed by atoms with E-state index in [2.05, 4.69) is 12.2 Å². The quantitative estimate of drug-likeness (QED) is 0.819. The van der Waals surface area contributed by atoms with Gasteiger partial charge in [0, 0.05) is 19.1 Å². The first-order valence-electron chi connectivity index (χ1n) is 5.99. The van der Waals surface area contributed by atoms with Gasteiger partial charge in [0.2, 0.25) is 0 Å². The molecule has 1 unspecified atom stereocenters. The second-order valence-corrected chi connectivity index (χ2v) is 6.04. The highest BCUT2D eigenvalue weighted by molar-refractivity contribution is 7.80. The van der Waals surface area contributed by atoms with Crippen molar-refractivity contribution in [2.45, 2.75) is 31.6 Å². The SMILES string of the molecule is NC(=S)C(CN(Cc1ccsc1)C1CC1)C(F)(F)F. The van der Waals surface area contributed by atoms with E-state index in [-0.39, 0.29) is 12.6 Å². The maximum atomic E-state index is 12.9. The zero-order valence-corrected chi connectivity index (χ0v) is 11.8. The van der Waals surface area contributed by atoms with Crippen molar-refractivity contribution < 1.29 is 13.2 Å². The van der Waals surface area contributed by atoms with Crippen molar-refractivity contribution in [3.8, 4) is 0 Å². The van der Waals surface area contributed by atoms with Gasteiger partial charge in [0.25, 0.3) is 0 Å². The summed E-state index contributed by atoms with van der Waals surface area (Å²) >= 11 is 6.12. The summed E-state index contributed by atoms with van der Waals surface area (Å²) in [5.41, 5.74) is 6.29. The molecule has 0 bridgehead atoms. The smallest absolute Gasteiger partial charge is 0.393 e. The minimum atomic E-state index is -4.37. The van der Waals surface area contributed by atoms with E-state index in [4.69, 9.17) is 5.73 Å². The molecular formula is C12H15F3N2S2. The van der Waals surface area contributed by atoms with Crippen molar-refractivity contribution in [1.29, 1.82) is 0 Å². The molecule has 2 nitrogen and oxygen atoms in total. The molecule has 0 amide bonds. The molecule has 1 aliphatic carbocycles. The van der Waals surface area contributed by atoms with Gasteiger partial charge in [-0.25, -0.2) is 0 Å². The Labute approximate surface area is 119 Å². The van der Waals surface area contributed by atoms with Crippen LogP contribution in [0.2, 0.25) is 0 Å². The van der Waals surface area contributed by atoms with Crippen molar-refractivity contribution in [3.05, 3.63) is 22.4 Å². The Hall–Kier alpha value is -0.660. The van der Waals surface area contributed by atoms with Gasteiger partial charge in [-0.05, 0) is 35.2 Å². The minimum absolute atomic E-state index is 0.140. The van der Waals surface area contributed by atoms with Crippen molar-refractivity contribution in [1.82, 2.24) is 4.90 Å². The molecule has 0 radical (unpaired) electrons. The van der Waals surface area contributed by atoms with Gasteiger partial charge in [0.1, 0.15) is 5.92 Å². The van der Waals surface area contributed by atoms with E-state index in [9.17, 15) is 13.2 Å². The maximum absolute atomic E-state index is 12.9. The molecule has 0 aliphatic heterocycles. The highest BCUT2D eigenvalue weighted by Crippen LogP contribution is 2.33. The number of thiophene rings is 1. The molecule has 0 spiro atoms. The van der Waals surface area contributed by atoms with Gasteiger partial charge in [0.15, 0.2) is 0 Å². The fourth-order valence-electron chi connectivity index (χ4n) is 1.99. The monoisotopic (exact) mass is 308 g/mol. The summed E-state index contributed by atoms with van der Waals surface area (Å²) in [7, 11) is 0. The largest absolute Gasteiger partial charge is 0.399 e. The second kappa shape index (κ2) is 5.76. The topological polar surface area (TPSA) is 29.3 Å². The van der Waals surface area contributed by atoms with Crippen LogP contribution in [0.1, 0.15) is 18.4 Å². The molecule has 2 N–H and O–H groups in total. The van der Waals surface area contributed by atoms with Gasteiger partial charge < -0.3 is 5.73 Å². The molecule has 1 fully saturated rings. The number of nitrogens with zero attached hydrogens (tertiary/aromatic N) is 1. The Morgan fingerprint density at radius 2 is 2.21 bits per heavy atom. The molecule has 7 heteroatoms.